The molecule has 1 fully saturated rings. The molecule has 0 radical (unpaired) electrons. The number of H-pyrrole nitrogens is 1. The van der Waals surface area contributed by atoms with Gasteiger partial charge in [-0.05, 0) is 50.6 Å². The molecule has 0 bridgehead atoms. The van der Waals surface area contributed by atoms with Gasteiger partial charge in [0, 0.05) is 37.4 Å². The second-order valence-electron chi connectivity index (χ2n) is 7.40. The summed E-state index contributed by atoms with van der Waals surface area (Å²) in [5, 5.41) is 0. The average Bonchev–Trinajstić information content (AvgIpc) is 3.01. The Hall–Kier alpha value is -2.66. The molecular formula is C20H22F3N3O4S. The summed E-state index contributed by atoms with van der Waals surface area (Å²) in [7, 11) is -3.98. The summed E-state index contributed by atoms with van der Waals surface area (Å²) < 4.78 is 64.8. The number of amides is 1. The van der Waals surface area contributed by atoms with Crippen molar-refractivity contribution >= 4 is 21.7 Å². The molecule has 1 aromatic carbocycles. The SMILES string of the molecule is CC(=O)c1c(C)[nH]c(C(=O)N2CCN(S(=O)(=O)c3ccc(C(F)(F)F)cc3)CC2)c1C. The maximum absolute atomic E-state index is 12.9. The van der Waals surface area contributed by atoms with Crippen molar-refractivity contribution in [1.82, 2.24) is 14.2 Å². The largest absolute Gasteiger partial charge is 0.416 e. The highest BCUT2D eigenvalue weighted by molar-refractivity contribution is 7.89. The number of Topliss-reactive ketones (excluding diaryl/α,β-unsaturated/α-hetero) is 1. The summed E-state index contributed by atoms with van der Waals surface area (Å²) in [5.41, 5.74) is 0.976. The number of hydrogen-bond donors (Lipinski definition) is 1. The number of carbonyl (C=O) groups excluding carboxylic acids is 2. The van der Waals surface area contributed by atoms with Crippen LogP contribution in [-0.2, 0) is 16.2 Å². The Kier molecular flexibility index (Phi) is 6.03. The van der Waals surface area contributed by atoms with E-state index < -0.39 is 21.8 Å². The van der Waals surface area contributed by atoms with Crippen LogP contribution in [0, 0.1) is 13.8 Å². The molecule has 0 atom stereocenters. The second kappa shape index (κ2) is 8.12. The molecule has 0 aliphatic carbocycles. The number of sulfonamides is 1. The highest BCUT2D eigenvalue weighted by atomic mass is 32.2. The number of nitrogens with zero attached hydrogens (tertiary/aromatic N) is 2. The first-order valence-electron chi connectivity index (χ1n) is 9.51. The molecule has 0 saturated carbocycles. The maximum Gasteiger partial charge on any atom is 0.416 e. The molecule has 1 aliphatic heterocycles. The molecule has 3 rings (SSSR count). The lowest BCUT2D eigenvalue weighted by molar-refractivity contribution is -0.137. The number of hydrogen-bond acceptors (Lipinski definition) is 4. The zero-order chi connectivity index (χ0) is 23.1. The molecule has 31 heavy (non-hydrogen) atoms. The highest BCUT2D eigenvalue weighted by Gasteiger charge is 2.34. The molecule has 11 heteroatoms. The molecule has 2 heterocycles. The Morgan fingerprint density at radius 2 is 1.55 bits per heavy atom. The smallest absolute Gasteiger partial charge is 0.354 e. The quantitative estimate of drug-likeness (QED) is 0.715. The minimum absolute atomic E-state index is 0.00734. The molecule has 1 N–H and O–H groups in total. The third-order valence-corrected chi connectivity index (χ3v) is 7.26. The lowest BCUT2D eigenvalue weighted by atomic mass is 10.1. The number of aromatic amines is 1. The molecule has 1 amide bonds. The normalized spacial score (nSPS) is 15.9. The van der Waals surface area contributed by atoms with E-state index in [1.807, 2.05) is 0 Å². The van der Waals surface area contributed by atoms with E-state index in [1.165, 1.54) is 11.8 Å². The van der Waals surface area contributed by atoms with Gasteiger partial charge in [0.25, 0.3) is 5.91 Å². The lowest BCUT2D eigenvalue weighted by Gasteiger charge is -2.34. The van der Waals surface area contributed by atoms with Crippen LogP contribution in [0.4, 0.5) is 13.2 Å². The number of aryl methyl sites for hydroxylation is 1. The Morgan fingerprint density at radius 1 is 1.00 bits per heavy atom. The summed E-state index contributed by atoms with van der Waals surface area (Å²) in [5.74, 6) is -0.488. The fourth-order valence-corrected chi connectivity index (χ4v) is 5.17. The van der Waals surface area contributed by atoms with E-state index in [2.05, 4.69) is 4.98 Å². The third-order valence-electron chi connectivity index (χ3n) is 5.35. The summed E-state index contributed by atoms with van der Waals surface area (Å²) in [6.07, 6.45) is -4.55. The van der Waals surface area contributed by atoms with Crippen LogP contribution in [0.3, 0.4) is 0 Å². The predicted molar refractivity (Wildman–Crippen MR) is 106 cm³/mol. The first kappa shape index (κ1) is 23.0. The van der Waals surface area contributed by atoms with E-state index in [4.69, 9.17) is 0 Å². The van der Waals surface area contributed by atoms with Crippen molar-refractivity contribution in [3.05, 3.63) is 52.3 Å². The lowest BCUT2D eigenvalue weighted by Crippen LogP contribution is -2.50. The molecule has 0 unspecified atom stereocenters. The van der Waals surface area contributed by atoms with Crippen molar-refractivity contribution in [2.75, 3.05) is 26.2 Å². The van der Waals surface area contributed by atoms with Gasteiger partial charge in [0.05, 0.1) is 10.5 Å². The van der Waals surface area contributed by atoms with Crippen LogP contribution < -0.4 is 0 Å². The van der Waals surface area contributed by atoms with Crippen LogP contribution in [0.1, 0.15) is 44.6 Å². The second-order valence-corrected chi connectivity index (χ2v) is 9.34. The molecule has 1 aliphatic rings. The number of carbonyl (C=O) groups is 2. The van der Waals surface area contributed by atoms with Gasteiger partial charge in [-0.25, -0.2) is 8.42 Å². The first-order chi connectivity index (χ1) is 14.3. The fraction of sp³-hybridized carbons (Fsp3) is 0.400. The van der Waals surface area contributed by atoms with Crippen LogP contribution in [0.25, 0.3) is 0 Å². The van der Waals surface area contributed by atoms with Crippen molar-refractivity contribution in [2.24, 2.45) is 0 Å². The van der Waals surface area contributed by atoms with E-state index in [0.29, 0.717) is 22.5 Å². The summed E-state index contributed by atoms with van der Waals surface area (Å²) >= 11 is 0. The van der Waals surface area contributed by atoms with Gasteiger partial charge in [0.1, 0.15) is 5.69 Å². The number of alkyl halides is 3. The Balaban J connectivity index is 1.72. The van der Waals surface area contributed by atoms with Crippen molar-refractivity contribution < 1.29 is 31.2 Å². The number of piperazine rings is 1. The molecule has 2 aromatic rings. The Morgan fingerprint density at radius 3 is 2.00 bits per heavy atom. The first-order valence-corrected chi connectivity index (χ1v) is 10.9. The van der Waals surface area contributed by atoms with E-state index in [0.717, 1.165) is 28.6 Å². The zero-order valence-electron chi connectivity index (χ0n) is 17.2. The van der Waals surface area contributed by atoms with Crippen molar-refractivity contribution in [3.63, 3.8) is 0 Å². The van der Waals surface area contributed by atoms with E-state index >= 15 is 0 Å². The topological polar surface area (TPSA) is 90.6 Å². The van der Waals surface area contributed by atoms with E-state index in [-0.39, 0.29) is 42.8 Å². The van der Waals surface area contributed by atoms with Gasteiger partial charge in [0.15, 0.2) is 5.78 Å². The molecule has 168 valence electrons. The third kappa shape index (κ3) is 4.38. The number of halogens is 3. The summed E-state index contributed by atoms with van der Waals surface area (Å²) in [6.45, 7) is 5.05. The molecule has 1 aromatic heterocycles. The summed E-state index contributed by atoms with van der Waals surface area (Å²) in [4.78, 5) is 28.9. The van der Waals surface area contributed by atoms with Crippen LogP contribution in [0.5, 0.6) is 0 Å². The molecule has 7 nitrogen and oxygen atoms in total. The van der Waals surface area contributed by atoms with Gasteiger partial charge in [-0.1, -0.05) is 0 Å². The number of aromatic nitrogens is 1. The highest BCUT2D eigenvalue weighted by Crippen LogP contribution is 2.30. The molecule has 1 saturated heterocycles. The fourth-order valence-electron chi connectivity index (χ4n) is 3.75. The predicted octanol–water partition coefficient (Wildman–Crippen LogP) is 3.00. The monoisotopic (exact) mass is 457 g/mol. The van der Waals surface area contributed by atoms with E-state index in [1.54, 1.807) is 13.8 Å². The molecule has 0 spiro atoms. The Labute approximate surface area is 177 Å². The standard InChI is InChI=1S/C20H22F3N3O4S/c1-12-17(14(3)27)13(2)24-18(12)19(28)25-8-10-26(11-9-25)31(29,30)16-6-4-15(5-7-16)20(21,22)23/h4-7,24H,8-11H2,1-3H3. The van der Waals surface area contributed by atoms with Gasteiger partial charge in [-0.15, -0.1) is 0 Å². The van der Waals surface area contributed by atoms with Gasteiger partial charge < -0.3 is 9.88 Å². The van der Waals surface area contributed by atoms with Gasteiger partial charge >= 0.3 is 6.18 Å². The molecular weight excluding hydrogens is 435 g/mol. The van der Waals surface area contributed by atoms with Crippen LogP contribution in [-0.4, -0.2) is 60.5 Å². The van der Waals surface area contributed by atoms with E-state index in [9.17, 15) is 31.2 Å². The number of benzene rings is 1. The summed E-state index contributed by atoms with van der Waals surface area (Å²) in [6, 6.07) is 3.33. The van der Waals surface area contributed by atoms with Gasteiger partial charge in [-0.3, -0.25) is 9.59 Å². The minimum Gasteiger partial charge on any atom is -0.354 e. The zero-order valence-corrected chi connectivity index (χ0v) is 18.0. The number of rotatable bonds is 4. The maximum atomic E-state index is 12.9. The van der Waals surface area contributed by atoms with Crippen molar-refractivity contribution in [2.45, 2.75) is 31.8 Å². The van der Waals surface area contributed by atoms with Crippen LogP contribution in [0.2, 0.25) is 0 Å². The van der Waals surface area contributed by atoms with Gasteiger partial charge in [-0.2, -0.15) is 17.5 Å². The van der Waals surface area contributed by atoms with Crippen LogP contribution in [0.15, 0.2) is 29.2 Å². The Bertz CT molecular complexity index is 1110. The van der Waals surface area contributed by atoms with Crippen molar-refractivity contribution in [3.8, 4) is 0 Å². The minimum atomic E-state index is -4.55. The number of nitrogens with one attached hydrogen (secondary N) is 1. The number of ketones is 1. The van der Waals surface area contributed by atoms with Gasteiger partial charge in [0.2, 0.25) is 10.0 Å². The van der Waals surface area contributed by atoms with Crippen molar-refractivity contribution in [1.29, 1.82) is 0 Å². The van der Waals surface area contributed by atoms with Crippen LogP contribution >= 0.6 is 0 Å². The average molecular weight is 457 g/mol.